The Kier molecular flexibility index (Phi) is 6.96. The summed E-state index contributed by atoms with van der Waals surface area (Å²) in [6.45, 7) is 0.905. The van der Waals surface area contributed by atoms with Gasteiger partial charge < -0.3 is 14.4 Å². The predicted molar refractivity (Wildman–Crippen MR) is 95.9 cm³/mol. The first-order valence-electron chi connectivity index (χ1n) is 8.08. The van der Waals surface area contributed by atoms with Gasteiger partial charge >= 0.3 is 6.09 Å². The molecule has 0 spiro atoms. The van der Waals surface area contributed by atoms with Crippen LogP contribution in [0.5, 0.6) is 5.75 Å². The van der Waals surface area contributed by atoms with Gasteiger partial charge in [0.25, 0.3) is 5.91 Å². The van der Waals surface area contributed by atoms with Gasteiger partial charge in [0, 0.05) is 24.8 Å². The number of benzene rings is 2. The zero-order valence-corrected chi connectivity index (χ0v) is 14.7. The Morgan fingerprint density at radius 2 is 1.88 bits per heavy atom. The van der Waals surface area contributed by atoms with Gasteiger partial charge in [-0.1, -0.05) is 6.07 Å². The molecule has 138 valence electrons. The van der Waals surface area contributed by atoms with Crippen LogP contribution in [0.25, 0.3) is 0 Å². The Hall–Kier alpha value is -3.09. The molecule has 1 N–H and O–H groups in total. The smallest absolute Gasteiger partial charge is 0.411 e. The predicted octanol–water partition coefficient (Wildman–Crippen LogP) is 3.55. The van der Waals surface area contributed by atoms with Gasteiger partial charge in [-0.05, 0) is 48.9 Å². The van der Waals surface area contributed by atoms with Crippen LogP contribution >= 0.6 is 0 Å². The molecule has 2 aromatic rings. The Labute approximate surface area is 151 Å². The Bertz CT molecular complexity index is 749. The number of rotatable bonds is 7. The minimum absolute atomic E-state index is 0.166. The van der Waals surface area contributed by atoms with Gasteiger partial charge in [-0.25, -0.2) is 9.18 Å². The van der Waals surface area contributed by atoms with Crippen LogP contribution in [-0.2, 0) is 4.74 Å². The maximum Gasteiger partial charge on any atom is 0.411 e. The summed E-state index contributed by atoms with van der Waals surface area (Å²) in [7, 11) is 2.97. The topological polar surface area (TPSA) is 67.9 Å². The van der Waals surface area contributed by atoms with Crippen molar-refractivity contribution in [2.75, 3.05) is 32.6 Å². The normalized spacial score (nSPS) is 10.1. The first-order chi connectivity index (χ1) is 12.5. The number of hydrogen-bond donors (Lipinski definition) is 1. The number of amides is 2. The lowest BCUT2D eigenvalue weighted by atomic mass is 10.1. The summed E-state index contributed by atoms with van der Waals surface area (Å²) in [5.41, 5.74) is 0.941. The van der Waals surface area contributed by atoms with E-state index in [4.69, 9.17) is 4.74 Å². The Balaban J connectivity index is 1.82. The van der Waals surface area contributed by atoms with Gasteiger partial charge in [-0.2, -0.15) is 0 Å². The van der Waals surface area contributed by atoms with Crippen molar-refractivity contribution in [1.29, 1.82) is 0 Å². The van der Waals surface area contributed by atoms with E-state index in [1.54, 1.807) is 48.3 Å². The summed E-state index contributed by atoms with van der Waals surface area (Å²) >= 11 is 0. The molecule has 2 amide bonds. The number of hydrogen-bond acceptors (Lipinski definition) is 4. The average Bonchev–Trinajstić information content (AvgIpc) is 2.66. The average molecular weight is 360 g/mol. The van der Waals surface area contributed by atoms with Gasteiger partial charge in [0.1, 0.15) is 11.6 Å². The molecule has 0 aliphatic carbocycles. The van der Waals surface area contributed by atoms with E-state index in [0.717, 1.165) is 0 Å². The summed E-state index contributed by atoms with van der Waals surface area (Å²) in [4.78, 5) is 25.3. The molecule has 0 atom stereocenters. The highest BCUT2D eigenvalue weighted by molar-refractivity contribution is 5.96. The van der Waals surface area contributed by atoms with E-state index in [-0.39, 0.29) is 11.7 Å². The van der Waals surface area contributed by atoms with Crippen LogP contribution in [0.4, 0.5) is 14.9 Å². The molecule has 0 saturated carbocycles. The second kappa shape index (κ2) is 9.41. The van der Waals surface area contributed by atoms with Crippen molar-refractivity contribution in [3.63, 3.8) is 0 Å². The minimum atomic E-state index is -0.596. The molecule has 2 aromatic carbocycles. The number of halogens is 1. The maximum atomic E-state index is 12.8. The van der Waals surface area contributed by atoms with Crippen LogP contribution in [0.3, 0.4) is 0 Å². The van der Waals surface area contributed by atoms with Crippen LogP contribution in [-0.4, -0.2) is 44.2 Å². The van der Waals surface area contributed by atoms with Crippen molar-refractivity contribution in [3.05, 3.63) is 59.9 Å². The molecule has 2 rings (SSSR count). The zero-order chi connectivity index (χ0) is 18.9. The van der Waals surface area contributed by atoms with Crippen LogP contribution < -0.4 is 10.1 Å². The number of methoxy groups -OCH3 is 1. The summed E-state index contributed by atoms with van der Waals surface area (Å²) in [5, 5.41) is 2.52. The van der Waals surface area contributed by atoms with Crippen molar-refractivity contribution in [2.24, 2.45) is 0 Å². The SMILES string of the molecule is COC(=O)Nc1cccc(C(=O)N(C)CCCOc2ccc(F)cc2)c1. The van der Waals surface area contributed by atoms with Gasteiger partial charge in [0.15, 0.2) is 0 Å². The standard InChI is InChI=1S/C19H21FN2O4/c1-22(11-4-12-26-17-9-7-15(20)8-10-17)18(23)14-5-3-6-16(13-14)21-19(24)25-2/h3,5-10,13H,4,11-12H2,1-2H3,(H,21,24). The van der Waals surface area contributed by atoms with Crippen molar-refractivity contribution >= 4 is 17.7 Å². The highest BCUT2D eigenvalue weighted by Gasteiger charge is 2.12. The lowest BCUT2D eigenvalue weighted by Gasteiger charge is -2.18. The molecule has 0 unspecified atom stereocenters. The van der Waals surface area contributed by atoms with E-state index < -0.39 is 6.09 Å². The van der Waals surface area contributed by atoms with Gasteiger partial charge in [0.05, 0.1) is 13.7 Å². The van der Waals surface area contributed by atoms with E-state index in [0.29, 0.717) is 36.6 Å². The van der Waals surface area contributed by atoms with E-state index >= 15 is 0 Å². The highest BCUT2D eigenvalue weighted by Crippen LogP contribution is 2.14. The van der Waals surface area contributed by atoms with Crippen molar-refractivity contribution in [1.82, 2.24) is 4.90 Å². The number of carbonyl (C=O) groups is 2. The third-order valence-electron chi connectivity index (χ3n) is 3.61. The van der Waals surface area contributed by atoms with Gasteiger partial charge in [-0.3, -0.25) is 10.1 Å². The van der Waals surface area contributed by atoms with Gasteiger partial charge in [0.2, 0.25) is 0 Å². The number of ether oxygens (including phenoxy) is 2. The molecule has 6 nitrogen and oxygen atoms in total. The first-order valence-corrected chi connectivity index (χ1v) is 8.08. The third-order valence-corrected chi connectivity index (χ3v) is 3.61. The molecule has 0 radical (unpaired) electrons. The number of carbonyl (C=O) groups excluding carboxylic acids is 2. The van der Waals surface area contributed by atoms with Crippen LogP contribution in [0.2, 0.25) is 0 Å². The van der Waals surface area contributed by atoms with E-state index in [9.17, 15) is 14.0 Å². The van der Waals surface area contributed by atoms with Gasteiger partial charge in [-0.15, -0.1) is 0 Å². The molecule has 7 heteroatoms. The molecular weight excluding hydrogens is 339 g/mol. The first kappa shape index (κ1) is 19.2. The fraction of sp³-hybridized carbons (Fsp3) is 0.263. The second-order valence-electron chi connectivity index (χ2n) is 5.58. The third kappa shape index (κ3) is 5.77. The Morgan fingerprint density at radius 1 is 1.15 bits per heavy atom. The molecule has 0 bridgehead atoms. The monoisotopic (exact) mass is 360 g/mol. The summed E-state index contributed by atoms with van der Waals surface area (Å²) < 4.78 is 22.9. The molecule has 0 saturated heterocycles. The van der Waals surface area contributed by atoms with Crippen molar-refractivity contribution in [2.45, 2.75) is 6.42 Å². The largest absolute Gasteiger partial charge is 0.494 e. The fourth-order valence-electron chi connectivity index (χ4n) is 2.24. The zero-order valence-electron chi connectivity index (χ0n) is 14.7. The van der Waals surface area contributed by atoms with E-state index in [2.05, 4.69) is 10.1 Å². The molecule has 0 fully saturated rings. The van der Waals surface area contributed by atoms with Crippen molar-refractivity contribution < 1.29 is 23.5 Å². The van der Waals surface area contributed by atoms with E-state index in [1.165, 1.54) is 19.2 Å². The highest BCUT2D eigenvalue weighted by atomic mass is 19.1. The van der Waals surface area contributed by atoms with E-state index in [1.807, 2.05) is 0 Å². The number of anilines is 1. The lowest BCUT2D eigenvalue weighted by Crippen LogP contribution is -2.28. The minimum Gasteiger partial charge on any atom is -0.494 e. The quantitative estimate of drug-likeness (QED) is 0.767. The van der Waals surface area contributed by atoms with Crippen LogP contribution in [0.1, 0.15) is 16.8 Å². The molecule has 0 aromatic heterocycles. The summed E-state index contributed by atoms with van der Waals surface area (Å²) in [6, 6.07) is 12.4. The maximum absolute atomic E-state index is 12.8. The molecular formula is C19H21FN2O4. The number of nitrogens with zero attached hydrogens (tertiary/aromatic N) is 1. The fourth-order valence-corrected chi connectivity index (χ4v) is 2.24. The molecule has 0 aliphatic rings. The summed E-state index contributed by atoms with van der Waals surface area (Å²) in [6.07, 6.45) is 0.0283. The van der Waals surface area contributed by atoms with Crippen LogP contribution in [0, 0.1) is 5.82 Å². The molecule has 26 heavy (non-hydrogen) atoms. The second-order valence-corrected chi connectivity index (χ2v) is 5.58. The van der Waals surface area contributed by atoms with Crippen LogP contribution in [0.15, 0.2) is 48.5 Å². The molecule has 0 heterocycles. The summed E-state index contributed by atoms with van der Waals surface area (Å²) in [5.74, 6) is 0.105. The lowest BCUT2D eigenvalue weighted by molar-refractivity contribution is 0.0788. The molecule has 0 aliphatic heterocycles. The number of nitrogens with one attached hydrogen (secondary N) is 1. The Morgan fingerprint density at radius 3 is 2.58 bits per heavy atom. The van der Waals surface area contributed by atoms with Crippen molar-refractivity contribution in [3.8, 4) is 5.75 Å².